The first-order valence-corrected chi connectivity index (χ1v) is 9.94. The van der Waals surface area contributed by atoms with Gasteiger partial charge in [0, 0.05) is 44.7 Å². The number of amides is 1. The van der Waals surface area contributed by atoms with E-state index >= 15 is 0 Å². The third kappa shape index (κ3) is 3.52. The maximum atomic E-state index is 12.4. The van der Waals surface area contributed by atoms with Gasteiger partial charge in [0.25, 0.3) is 5.91 Å². The van der Waals surface area contributed by atoms with Crippen LogP contribution >= 0.6 is 0 Å². The van der Waals surface area contributed by atoms with Gasteiger partial charge in [-0.2, -0.15) is 0 Å². The Morgan fingerprint density at radius 3 is 2.60 bits per heavy atom. The molecule has 2 fully saturated rings. The van der Waals surface area contributed by atoms with Gasteiger partial charge in [-0.05, 0) is 38.7 Å². The molecule has 0 unspecified atom stereocenters. The van der Waals surface area contributed by atoms with E-state index in [4.69, 9.17) is 4.74 Å². The molecule has 1 saturated heterocycles. The fourth-order valence-corrected chi connectivity index (χ4v) is 4.55. The Kier molecular flexibility index (Phi) is 4.93. The molecule has 25 heavy (non-hydrogen) atoms. The van der Waals surface area contributed by atoms with Crippen LogP contribution in [-0.2, 0) is 6.42 Å². The summed E-state index contributed by atoms with van der Waals surface area (Å²) in [6, 6.07) is 4.59. The van der Waals surface area contributed by atoms with Crippen LogP contribution in [0.4, 0.5) is 0 Å². The van der Waals surface area contributed by atoms with E-state index in [-0.39, 0.29) is 12.0 Å². The van der Waals surface area contributed by atoms with E-state index in [0.29, 0.717) is 5.88 Å². The minimum Gasteiger partial charge on any atom is -0.474 e. The zero-order valence-electron chi connectivity index (χ0n) is 15.2. The minimum absolute atomic E-state index is 0.104. The topological polar surface area (TPSA) is 45.7 Å². The van der Waals surface area contributed by atoms with Gasteiger partial charge in [-0.1, -0.05) is 12.8 Å². The van der Waals surface area contributed by atoms with E-state index in [9.17, 15) is 4.79 Å². The van der Waals surface area contributed by atoms with Crippen LogP contribution in [0.3, 0.4) is 0 Å². The lowest BCUT2D eigenvalue weighted by atomic mass is 10.0. The van der Waals surface area contributed by atoms with Gasteiger partial charge >= 0.3 is 0 Å². The minimum atomic E-state index is 0.104. The Morgan fingerprint density at radius 1 is 1.12 bits per heavy atom. The summed E-state index contributed by atoms with van der Waals surface area (Å²) in [6.45, 7) is 5.83. The van der Waals surface area contributed by atoms with E-state index in [1.165, 1.54) is 25.7 Å². The Bertz CT molecular complexity index is 619. The maximum absolute atomic E-state index is 12.4. The Hall–Kier alpha value is -1.62. The van der Waals surface area contributed by atoms with Gasteiger partial charge in [0.05, 0.1) is 11.3 Å². The van der Waals surface area contributed by atoms with Crippen molar-refractivity contribution in [1.29, 1.82) is 0 Å². The van der Waals surface area contributed by atoms with Crippen LogP contribution in [0.1, 0.15) is 61.5 Å². The molecular formula is C20H29N3O2. The smallest absolute Gasteiger partial charge is 0.255 e. The molecule has 0 bridgehead atoms. The lowest BCUT2D eigenvalue weighted by Gasteiger charge is -2.36. The van der Waals surface area contributed by atoms with Crippen molar-refractivity contribution < 1.29 is 9.53 Å². The van der Waals surface area contributed by atoms with Gasteiger partial charge in [-0.3, -0.25) is 4.79 Å². The quantitative estimate of drug-likeness (QED) is 0.843. The number of nitrogens with zero attached hydrogens (tertiary/aromatic N) is 3. The van der Waals surface area contributed by atoms with Crippen molar-refractivity contribution in [2.24, 2.45) is 0 Å². The number of ether oxygens (including phenoxy) is 1. The number of carbonyl (C=O) groups is 1. The molecular weight excluding hydrogens is 314 g/mol. The molecule has 1 aliphatic carbocycles. The Morgan fingerprint density at radius 2 is 1.88 bits per heavy atom. The van der Waals surface area contributed by atoms with Crippen LogP contribution in [0.15, 0.2) is 12.1 Å². The van der Waals surface area contributed by atoms with E-state index in [0.717, 1.165) is 62.7 Å². The van der Waals surface area contributed by atoms with Gasteiger partial charge in [0.1, 0.15) is 6.10 Å². The van der Waals surface area contributed by atoms with Crippen molar-refractivity contribution in [1.82, 2.24) is 14.8 Å². The molecule has 0 atom stereocenters. The number of piperidine rings is 1. The third-order valence-electron chi connectivity index (χ3n) is 6.07. The molecule has 136 valence electrons. The maximum Gasteiger partial charge on any atom is 0.255 e. The first kappa shape index (κ1) is 16.8. The standard InChI is InChI=1S/C20H29N3O2/c1-2-22-14-11-18-17(20(22)24)7-8-19(21-18)25-16-9-12-23(13-10-16)15-5-3-4-6-15/h7-8,15-16H,2-6,9-14H2,1H3. The normalized spacial score (nSPS) is 23.1. The van der Waals surface area contributed by atoms with Crippen LogP contribution in [0.5, 0.6) is 5.88 Å². The van der Waals surface area contributed by atoms with Crippen molar-refractivity contribution in [2.75, 3.05) is 26.2 Å². The summed E-state index contributed by atoms with van der Waals surface area (Å²) in [6.07, 6.45) is 8.79. The largest absolute Gasteiger partial charge is 0.474 e. The highest BCUT2D eigenvalue weighted by atomic mass is 16.5. The molecule has 5 nitrogen and oxygen atoms in total. The van der Waals surface area contributed by atoms with Crippen molar-refractivity contribution in [3.8, 4) is 5.88 Å². The van der Waals surface area contributed by atoms with Gasteiger partial charge < -0.3 is 14.5 Å². The first-order valence-electron chi connectivity index (χ1n) is 9.94. The predicted molar refractivity (Wildman–Crippen MR) is 97.0 cm³/mol. The summed E-state index contributed by atoms with van der Waals surface area (Å²) in [5, 5.41) is 0. The molecule has 0 spiro atoms. The summed E-state index contributed by atoms with van der Waals surface area (Å²) < 4.78 is 6.16. The average molecular weight is 343 g/mol. The summed E-state index contributed by atoms with van der Waals surface area (Å²) in [5.74, 6) is 0.795. The highest BCUT2D eigenvalue weighted by Gasteiger charge is 2.29. The molecule has 3 heterocycles. The number of pyridine rings is 1. The SMILES string of the molecule is CCN1CCc2nc(OC3CCN(C4CCCC4)CC3)ccc2C1=O. The predicted octanol–water partition coefficient (Wildman–Crippen LogP) is 2.89. The molecule has 5 heteroatoms. The second-order valence-corrected chi connectivity index (χ2v) is 7.57. The lowest BCUT2D eigenvalue weighted by molar-refractivity contribution is 0.0723. The summed E-state index contributed by atoms with van der Waals surface area (Å²) in [7, 11) is 0. The lowest BCUT2D eigenvalue weighted by Crippen LogP contribution is -2.43. The van der Waals surface area contributed by atoms with Crippen LogP contribution in [0.25, 0.3) is 0 Å². The van der Waals surface area contributed by atoms with Gasteiger partial charge in [-0.15, -0.1) is 0 Å². The van der Waals surface area contributed by atoms with Gasteiger partial charge in [-0.25, -0.2) is 4.98 Å². The number of rotatable bonds is 4. The molecule has 0 N–H and O–H groups in total. The number of likely N-dealkylation sites (tertiary alicyclic amines) is 1. The Balaban J connectivity index is 1.35. The zero-order chi connectivity index (χ0) is 17.2. The molecule has 2 aliphatic heterocycles. The van der Waals surface area contributed by atoms with Crippen LogP contribution in [-0.4, -0.2) is 59.0 Å². The molecule has 1 saturated carbocycles. The van der Waals surface area contributed by atoms with E-state index in [2.05, 4.69) is 9.88 Å². The molecule has 0 aromatic carbocycles. The number of aromatic nitrogens is 1. The number of hydrogen-bond donors (Lipinski definition) is 0. The Labute approximate surface area is 150 Å². The number of carbonyl (C=O) groups excluding carboxylic acids is 1. The number of likely N-dealkylation sites (N-methyl/N-ethyl adjacent to an activating group) is 1. The highest BCUT2D eigenvalue weighted by Crippen LogP contribution is 2.28. The zero-order valence-corrected chi connectivity index (χ0v) is 15.2. The van der Waals surface area contributed by atoms with Crippen molar-refractivity contribution in [3.63, 3.8) is 0 Å². The molecule has 1 aromatic heterocycles. The molecule has 0 radical (unpaired) electrons. The van der Waals surface area contributed by atoms with Crippen LogP contribution < -0.4 is 4.74 Å². The monoisotopic (exact) mass is 343 g/mol. The molecule has 3 aliphatic rings. The first-order chi connectivity index (χ1) is 12.2. The summed E-state index contributed by atoms with van der Waals surface area (Å²) in [5.41, 5.74) is 1.65. The third-order valence-corrected chi connectivity index (χ3v) is 6.07. The number of fused-ring (bicyclic) bond motifs is 1. The van der Waals surface area contributed by atoms with Crippen LogP contribution in [0, 0.1) is 0 Å². The van der Waals surface area contributed by atoms with E-state index in [1.54, 1.807) is 0 Å². The van der Waals surface area contributed by atoms with E-state index < -0.39 is 0 Å². The fourth-order valence-electron chi connectivity index (χ4n) is 4.55. The van der Waals surface area contributed by atoms with Gasteiger partial charge in [0.2, 0.25) is 5.88 Å². The summed E-state index contributed by atoms with van der Waals surface area (Å²) in [4.78, 5) is 21.5. The van der Waals surface area contributed by atoms with E-state index in [1.807, 2.05) is 24.0 Å². The number of hydrogen-bond acceptors (Lipinski definition) is 4. The van der Waals surface area contributed by atoms with Crippen molar-refractivity contribution in [2.45, 2.75) is 64.0 Å². The van der Waals surface area contributed by atoms with Crippen molar-refractivity contribution >= 4 is 5.91 Å². The molecule has 1 amide bonds. The molecule has 4 rings (SSSR count). The highest BCUT2D eigenvalue weighted by molar-refractivity contribution is 5.96. The molecule has 1 aromatic rings. The average Bonchev–Trinajstić information content (AvgIpc) is 3.17. The van der Waals surface area contributed by atoms with Gasteiger partial charge in [0.15, 0.2) is 0 Å². The second-order valence-electron chi connectivity index (χ2n) is 7.57. The van der Waals surface area contributed by atoms with Crippen LogP contribution in [0.2, 0.25) is 0 Å². The fraction of sp³-hybridized carbons (Fsp3) is 0.700. The van der Waals surface area contributed by atoms with Crippen molar-refractivity contribution in [3.05, 3.63) is 23.4 Å². The second kappa shape index (κ2) is 7.32. The summed E-state index contributed by atoms with van der Waals surface area (Å²) >= 11 is 0.